The normalized spacial score (nSPS) is 10.0. The van der Waals surface area contributed by atoms with E-state index in [1.807, 2.05) is 0 Å². The molecule has 1 aromatic heterocycles. The van der Waals surface area contributed by atoms with Gasteiger partial charge in [-0.15, -0.1) is 0 Å². The minimum atomic E-state index is -0.602. The van der Waals surface area contributed by atoms with Gasteiger partial charge in [-0.05, 0) is 17.7 Å². The molecule has 5 nitrogen and oxygen atoms in total. The highest BCUT2D eigenvalue weighted by atomic mass is 19.1. The lowest BCUT2D eigenvalue weighted by Crippen LogP contribution is -2.28. The fraction of sp³-hybridized carbons (Fsp3) is 0.0833. The number of hydrogen-bond donors (Lipinski definition) is 1. The Kier molecular flexibility index (Phi) is 3.06. The molecule has 0 radical (unpaired) electrons. The highest BCUT2D eigenvalue weighted by molar-refractivity contribution is 5.34. The standard InChI is InChI=1S/C12H8FN3O2/c13-10-2-1-8(5-9(10)6-14)7-16-4-3-11(17)15-12(16)18/h1-5H,7H2,(H,15,17,18). The van der Waals surface area contributed by atoms with Crippen molar-refractivity contribution in [2.75, 3.05) is 0 Å². The Morgan fingerprint density at radius 3 is 2.78 bits per heavy atom. The molecule has 0 bridgehead atoms. The van der Waals surface area contributed by atoms with Crippen molar-refractivity contribution in [3.63, 3.8) is 0 Å². The molecule has 2 rings (SSSR count). The third-order valence-electron chi connectivity index (χ3n) is 2.40. The highest BCUT2D eigenvalue weighted by Gasteiger charge is 2.04. The second kappa shape index (κ2) is 4.67. The fourth-order valence-corrected chi connectivity index (χ4v) is 1.52. The summed E-state index contributed by atoms with van der Waals surface area (Å²) in [4.78, 5) is 24.4. The van der Waals surface area contributed by atoms with Gasteiger partial charge < -0.3 is 0 Å². The Labute approximate surface area is 101 Å². The van der Waals surface area contributed by atoms with Gasteiger partial charge in [0.1, 0.15) is 11.9 Å². The molecule has 0 saturated heterocycles. The van der Waals surface area contributed by atoms with Crippen LogP contribution in [0.1, 0.15) is 11.1 Å². The van der Waals surface area contributed by atoms with Crippen LogP contribution in [0.15, 0.2) is 40.1 Å². The van der Waals surface area contributed by atoms with Crippen molar-refractivity contribution in [2.24, 2.45) is 0 Å². The summed E-state index contributed by atoms with van der Waals surface area (Å²) < 4.78 is 14.4. The van der Waals surface area contributed by atoms with Gasteiger partial charge in [0.2, 0.25) is 0 Å². The van der Waals surface area contributed by atoms with E-state index in [4.69, 9.17) is 5.26 Å². The first kappa shape index (κ1) is 11.8. The largest absolute Gasteiger partial charge is 0.328 e. The SMILES string of the molecule is N#Cc1cc(Cn2ccc(=O)[nH]c2=O)ccc1F. The van der Waals surface area contributed by atoms with Crippen molar-refractivity contribution < 1.29 is 4.39 Å². The maximum atomic E-state index is 13.1. The minimum Gasteiger partial charge on any atom is -0.296 e. The van der Waals surface area contributed by atoms with Crippen LogP contribution < -0.4 is 11.2 Å². The van der Waals surface area contributed by atoms with Crippen molar-refractivity contribution in [2.45, 2.75) is 6.54 Å². The zero-order valence-electron chi connectivity index (χ0n) is 9.18. The van der Waals surface area contributed by atoms with E-state index in [1.54, 1.807) is 6.07 Å². The summed E-state index contributed by atoms with van der Waals surface area (Å²) in [6.07, 6.45) is 1.34. The Balaban J connectivity index is 2.38. The number of rotatable bonds is 2. The van der Waals surface area contributed by atoms with Crippen molar-refractivity contribution in [3.8, 4) is 6.07 Å². The van der Waals surface area contributed by atoms with Crippen LogP contribution >= 0.6 is 0 Å². The zero-order valence-corrected chi connectivity index (χ0v) is 9.18. The molecule has 18 heavy (non-hydrogen) atoms. The Hall–Kier alpha value is -2.68. The van der Waals surface area contributed by atoms with E-state index >= 15 is 0 Å². The maximum Gasteiger partial charge on any atom is 0.328 e. The van der Waals surface area contributed by atoms with Crippen LogP contribution in [0.2, 0.25) is 0 Å². The molecular formula is C12H8FN3O2. The molecule has 90 valence electrons. The summed E-state index contributed by atoms with van der Waals surface area (Å²) in [6.45, 7) is 0.157. The first-order chi connectivity index (χ1) is 8.60. The molecule has 0 spiro atoms. The number of benzene rings is 1. The number of nitrogens with one attached hydrogen (secondary N) is 1. The lowest BCUT2D eigenvalue weighted by Gasteiger charge is -2.05. The smallest absolute Gasteiger partial charge is 0.296 e. The molecule has 1 aromatic carbocycles. The van der Waals surface area contributed by atoms with Gasteiger partial charge in [-0.3, -0.25) is 14.3 Å². The van der Waals surface area contributed by atoms with E-state index < -0.39 is 17.1 Å². The third-order valence-corrected chi connectivity index (χ3v) is 2.40. The van der Waals surface area contributed by atoms with E-state index in [0.29, 0.717) is 5.56 Å². The number of halogens is 1. The van der Waals surface area contributed by atoms with Crippen LogP contribution in [0.4, 0.5) is 4.39 Å². The van der Waals surface area contributed by atoms with E-state index in [0.717, 1.165) is 0 Å². The maximum absolute atomic E-state index is 13.1. The molecule has 0 aliphatic rings. The first-order valence-corrected chi connectivity index (χ1v) is 5.08. The number of hydrogen-bond acceptors (Lipinski definition) is 3. The Morgan fingerprint density at radius 1 is 1.33 bits per heavy atom. The van der Waals surface area contributed by atoms with Crippen LogP contribution in [0.5, 0.6) is 0 Å². The van der Waals surface area contributed by atoms with Crippen molar-refractivity contribution in [1.29, 1.82) is 5.26 Å². The van der Waals surface area contributed by atoms with Crippen molar-refractivity contribution >= 4 is 0 Å². The van der Waals surface area contributed by atoms with Gasteiger partial charge in [0.05, 0.1) is 12.1 Å². The second-order valence-corrected chi connectivity index (χ2v) is 3.66. The molecule has 0 amide bonds. The molecule has 2 aromatic rings. The fourth-order valence-electron chi connectivity index (χ4n) is 1.52. The summed E-state index contributed by atoms with van der Waals surface area (Å²) >= 11 is 0. The van der Waals surface area contributed by atoms with Crippen LogP contribution in [0.3, 0.4) is 0 Å². The molecule has 0 atom stereocenters. The molecular weight excluding hydrogens is 237 g/mol. The highest BCUT2D eigenvalue weighted by Crippen LogP contribution is 2.10. The average Bonchev–Trinajstić information content (AvgIpc) is 2.35. The Bertz CT molecular complexity index is 740. The average molecular weight is 245 g/mol. The van der Waals surface area contributed by atoms with E-state index in [2.05, 4.69) is 4.98 Å². The monoisotopic (exact) mass is 245 g/mol. The summed E-state index contributed by atoms with van der Waals surface area (Å²) in [7, 11) is 0. The first-order valence-electron chi connectivity index (χ1n) is 5.08. The van der Waals surface area contributed by atoms with Crippen LogP contribution in [0, 0.1) is 17.1 Å². The number of nitrogens with zero attached hydrogens (tertiary/aromatic N) is 2. The van der Waals surface area contributed by atoms with Crippen molar-refractivity contribution in [3.05, 3.63) is 68.2 Å². The van der Waals surface area contributed by atoms with Crippen LogP contribution in [-0.2, 0) is 6.54 Å². The van der Waals surface area contributed by atoms with Gasteiger partial charge in [-0.2, -0.15) is 5.26 Å². The second-order valence-electron chi connectivity index (χ2n) is 3.66. The molecule has 1 heterocycles. The predicted molar refractivity (Wildman–Crippen MR) is 61.5 cm³/mol. The van der Waals surface area contributed by atoms with Gasteiger partial charge in [0.15, 0.2) is 0 Å². The summed E-state index contributed by atoms with van der Waals surface area (Å²) in [5.41, 5.74) is -0.509. The minimum absolute atomic E-state index is 0.0787. The Morgan fingerprint density at radius 2 is 2.11 bits per heavy atom. The summed E-state index contributed by atoms with van der Waals surface area (Å²) in [5.74, 6) is -0.602. The quantitative estimate of drug-likeness (QED) is 0.841. The molecule has 0 fully saturated rings. The van der Waals surface area contributed by atoms with E-state index in [-0.39, 0.29) is 12.1 Å². The van der Waals surface area contributed by atoms with E-state index in [9.17, 15) is 14.0 Å². The zero-order chi connectivity index (χ0) is 13.1. The molecule has 1 N–H and O–H groups in total. The van der Waals surface area contributed by atoms with Gasteiger partial charge in [-0.25, -0.2) is 9.18 Å². The number of aromatic nitrogens is 2. The number of nitriles is 1. The van der Waals surface area contributed by atoms with Gasteiger partial charge in [0.25, 0.3) is 5.56 Å². The summed E-state index contributed by atoms with van der Waals surface area (Å²) in [6, 6.07) is 6.96. The summed E-state index contributed by atoms with van der Waals surface area (Å²) in [5, 5.41) is 8.69. The van der Waals surface area contributed by atoms with Gasteiger partial charge in [0, 0.05) is 12.3 Å². The predicted octanol–water partition coefficient (Wildman–Crippen LogP) is 0.596. The molecule has 0 saturated carbocycles. The van der Waals surface area contributed by atoms with Crippen LogP contribution in [-0.4, -0.2) is 9.55 Å². The molecule has 0 unspecified atom stereocenters. The van der Waals surface area contributed by atoms with Gasteiger partial charge >= 0.3 is 5.69 Å². The molecule has 6 heteroatoms. The lowest BCUT2D eigenvalue weighted by molar-refractivity contribution is 0.621. The lowest BCUT2D eigenvalue weighted by atomic mass is 10.1. The number of H-pyrrole nitrogens is 1. The van der Waals surface area contributed by atoms with Crippen LogP contribution in [0.25, 0.3) is 0 Å². The van der Waals surface area contributed by atoms with Gasteiger partial charge in [-0.1, -0.05) is 6.07 Å². The van der Waals surface area contributed by atoms with E-state index in [1.165, 1.54) is 35.0 Å². The molecule has 0 aliphatic heterocycles. The third kappa shape index (κ3) is 2.35. The number of aromatic amines is 1. The topological polar surface area (TPSA) is 78.7 Å². The van der Waals surface area contributed by atoms with Crippen molar-refractivity contribution in [1.82, 2.24) is 9.55 Å². The molecule has 0 aliphatic carbocycles.